The molecule has 3 aromatic heterocycles. The van der Waals surface area contributed by atoms with E-state index in [1.54, 1.807) is 6.26 Å². The molecule has 7 nitrogen and oxygen atoms in total. The summed E-state index contributed by atoms with van der Waals surface area (Å²) >= 11 is 2.82. The molecule has 0 spiro atoms. The second-order valence-corrected chi connectivity index (χ2v) is 9.19. The summed E-state index contributed by atoms with van der Waals surface area (Å²) in [6, 6.07) is 15.5. The van der Waals surface area contributed by atoms with Crippen LogP contribution in [-0.2, 0) is 11.2 Å². The Hall–Kier alpha value is -3.17. The minimum atomic E-state index is -0.0539. The van der Waals surface area contributed by atoms with Crippen LogP contribution < -0.4 is 5.32 Å². The summed E-state index contributed by atoms with van der Waals surface area (Å²) in [5.41, 5.74) is 1.78. The highest BCUT2D eigenvalue weighted by atomic mass is 32.2. The number of Topliss-reactive ketones (excluding diaryl/α,β-unsaturated/α-hetero) is 1. The van der Waals surface area contributed by atoms with E-state index in [-0.39, 0.29) is 17.4 Å². The molecule has 1 N–H and O–H groups in total. The third kappa shape index (κ3) is 5.00. The summed E-state index contributed by atoms with van der Waals surface area (Å²) < 4.78 is 7.40. The van der Waals surface area contributed by atoms with Crippen molar-refractivity contribution in [3.63, 3.8) is 0 Å². The predicted octanol–water partition coefficient (Wildman–Crippen LogP) is 4.55. The van der Waals surface area contributed by atoms with E-state index >= 15 is 0 Å². The molecule has 4 rings (SSSR count). The Morgan fingerprint density at radius 2 is 1.94 bits per heavy atom. The van der Waals surface area contributed by atoms with Gasteiger partial charge in [0, 0.05) is 24.0 Å². The lowest BCUT2D eigenvalue weighted by molar-refractivity contribution is -0.118. The maximum atomic E-state index is 12.8. The molecule has 0 aliphatic heterocycles. The van der Waals surface area contributed by atoms with E-state index in [0.29, 0.717) is 28.8 Å². The number of para-hydroxylation sites is 1. The molecule has 164 valence electrons. The Morgan fingerprint density at radius 3 is 2.66 bits per heavy atom. The van der Waals surface area contributed by atoms with E-state index in [1.807, 2.05) is 60.0 Å². The molecule has 0 radical (unpaired) electrons. The Balaban J connectivity index is 1.51. The molecular weight excluding hydrogens is 444 g/mol. The van der Waals surface area contributed by atoms with Gasteiger partial charge < -0.3 is 9.73 Å². The third-order valence-electron chi connectivity index (χ3n) is 4.76. The smallest absolute Gasteiger partial charge is 0.216 e. The summed E-state index contributed by atoms with van der Waals surface area (Å²) in [5, 5.41) is 12.2. The number of benzene rings is 1. The first kappa shape index (κ1) is 22.0. The minimum Gasteiger partial charge on any atom is -0.469 e. The van der Waals surface area contributed by atoms with Gasteiger partial charge >= 0.3 is 0 Å². The van der Waals surface area contributed by atoms with Gasteiger partial charge in [0.1, 0.15) is 5.76 Å². The number of carbonyl (C=O) groups is 2. The number of furan rings is 1. The van der Waals surface area contributed by atoms with Gasteiger partial charge in [-0.15, -0.1) is 21.5 Å². The van der Waals surface area contributed by atoms with Crippen LogP contribution >= 0.6 is 23.1 Å². The Labute approximate surface area is 193 Å². The molecule has 1 amide bonds. The van der Waals surface area contributed by atoms with Gasteiger partial charge in [-0.3, -0.25) is 14.2 Å². The number of thiophene rings is 1. The summed E-state index contributed by atoms with van der Waals surface area (Å²) in [7, 11) is 0. The number of amides is 1. The van der Waals surface area contributed by atoms with Gasteiger partial charge in [-0.05, 0) is 43.7 Å². The van der Waals surface area contributed by atoms with Crippen molar-refractivity contribution in [2.45, 2.75) is 25.4 Å². The molecule has 0 aliphatic rings. The van der Waals surface area contributed by atoms with Crippen LogP contribution in [0, 0.1) is 6.92 Å². The Kier molecular flexibility index (Phi) is 6.87. The van der Waals surface area contributed by atoms with Crippen molar-refractivity contribution in [2.75, 3.05) is 12.3 Å². The molecule has 1 aromatic carbocycles. The van der Waals surface area contributed by atoms with Crippen LogP contribution in [0.25, 0.3) is 17.1 Å². The number of nitrogens with one attached hydrogen (secondary N) is 1. The van der Waals surface area contributed by atoms with E-state index < -0.39 is 0 Å². The molecule has 0 saturated carbocycles. The fourth-order valence-electron chi connectivity index (χ4n) is 3.19. The van der Waals surface area contributed by atoms with E-state index in [4.69, 9.17) is 4.42 Å². The number of carbonyl (C=O) groups excluding carboxylic acids is 2. The average Bonchev–Trinajstić information content (AvgIpc) is 3.52. The highest BCUT2D eigenvalue weighted by molar-refractivity contribution is 7.99. The highest BCUT2D eigenvalue weighted by Crippen LogP contribution is 2.31. The number of thioether (sulfide) groups is 1. The summed E-state index contributed by atoms with van der Waals surface area (Å²) in [6.07, 6.45) is 2.34. The number of rotatable bonds is 9. The van der Waals surface area contributed by atoms with Crippen molar-refractivity contribution in [1.82, 2.24) is 20.1 Å². The molecule has 0 fully saturated rings. The van der Waals surface area contributed by atoms with E-state index in [0.717, 1.165) is 21.9 Å². The van der Waals surface area contributed by atoms with Crippen molar-refractivity contribution in [3.8, 4) is 17.1 Å². The number of ketones is 1. The molecule has 0 unspecified atom stereocenters. The zero-order valence-corrected chi connectivity index (χ0v) is 19.3. The van der Waals surface area contributed by atoms with E-state index in [9.17, 15) is 9.59 Å². The third-order valence-corrected chi connectivity index (χ3v) is 6.88. The average molecular weight is 467 g/mol. The Bertz CT molecular complexity index is 1230. The first-order chi connectivity index (χ1) is 15.5. The lowest BCUT2D eigenvalue weighted by Gasteiger charge is -2.09. The van der Waals surface area contributed by atoms with Crippen molar-refractivity contribution in [2.24, 2.45) is 0 Å². The van der Waals surface area contributed by atoms with Gasteiger partial charge in [0.2, 0.25) is 5.91 Å². The van der Waals surface area contributed by atoms with Crippen molar-refractivity contribution in [1.29, 1.82) is 0 Å². The lowest BCUT2D eigenvalue weighted by Crippen LogP contribution is -2.22. The quantitative estimate of drug-likeness (QED) is 0.287. The molecule has 0 bridgehead atoms. The summed E-state index contributed by atoms with van der Waals surface area (Å²) in [5.74, 6) is 1.67. The SMILES string of the molecule is CC(=O)NCCc1ccc(C(=O)CSc2nnc(-c3ccoc3C)n2-c2ccccc2)s1. The number of hydrogen-bond donors (Lipinski definition) is 1. The minimum absolute atomic E-state index is 0.0365. The molecule has 32 heavy (non-hydrogen) atoms. The second-order valence-electron chi connectivity index (χ2n) is 7.08. The zero-order valence-electron chi connectivity index (χ0n) is 17.7. The van der Waals surface area contributed by atoms with Crippen LogP contribution in [0.5, 0.6) is 0 Å². The van der Waals surface area contributed by atoms with Crippen LogP contribution in [0.1, 0.15) is 27.2 Å². The molecule has 4 aromatic rings. The van der Waals surface area contributed by atoms with E-state index in [1.165, 1.54) is 30.0 Å². The first-order valence-electron chi connectivity index (χ1n) is 10.1. The molecule has 3 heterocycles. The van der Waals surface area contributed by atoms with Crippen LogP contribution in [-0.4, -0.2) is 38.8 Å². The largest absolute Gasteiger partial charge is 0.469 e. The van der Waals surface area contributed by atoms with Crippen molar-refractivity contribution in [3.05, 3.63) is 70.3 Å². The monoisotopic (exact) mass is 466 g/mol. The van der Waals surface area contributed by atoms with E-state index in [2.05, 4.69) is 15.5 Å². The molecule has 0 aliphatic carbocycles. The number of aromatic nitrogens is 3. The lowest BCUT2D eigenvalue weighted by atomic mass is 10.2. The fourth-order valence-corrected chi connectivity index (χ4v) is 5.06. The standard InChI is InChI=1S/C23H22N4O3S2/c1-15-19(11-13-30-15)22-25-26-23(27(22)17-6-4-3-5-7-17)31-14-20(29)21-9-8-18(32-21)10-12-24-16(2)28/h3-9,11,13H,10,12,14H2,1-2H3,(H,24,28). The van der Waals surface area contributed by atoms with Crippen molar-refractivity contribution < 1.29 is 14.0 Å². The topological polar surface area (TPSA) is 90.0 Å². The summed E-state index contributed by atoms with van der Waals surface area (Å²) in [6.45, 7) is 3.94. The molecule has 0 saturated heterocycles. The summed E-state index contributed by atoms with van der Waals surface area (Å²) in [4.78, 5) is 25.6. The number of hydrogen-bond acceptors (Lipinski definition) is 7. The van der Waals surface area contributed by atoms with Gasteiger partial charge in [0.15, 0.2) is 16.8 Å². The van der Waals surface area contributed by atoms with Gasteiger partial charge in [-0.2, -0.15) is 0 Å². The predicted molar refractivity (Wildman–Crippen MR) is 126 cm³/mol. The zero-order chi connectivity index (χ0) is 22.5. The highest BCUT2D eigenvalue weighted by Gasteiger charge is 2.20. The van der Waals surface area contributed by atoms with Gasteiger partial charge in [0.05, 0.1) is 22.5 Å². The van der Waals surface area contributed by atoms with Crippen LogP contribution in [0.15, 0.2) is 64.4 Å². The maximum Gasteiger partial charge on any atom is 0.216 e. The van der Waals surface area contributed by atoms with Gasteiger partial charge in [0.25, 0.3) is 0 Å². The van der Waals surface area contributed by atoms with Crippen LogP contribution in [0.2, 0.25) is 0 Å². The normalized spacial score (nSPS) is 10.9. The van der Waals surface area contributed by atoms with Crippen LogP contribution in [0.3, 0.4) is 0 Å². The van der Waals surface area contributed by atoms with Crippen molar-refractivity contribution >= 4 is 34.8 Å². The fraction of sp³-hybridized carbons (Fsp3) is 0.217. The molecular formula is C23H22N4O3S2. The Morgan fingerprint density at radius 1 is 1.12 bits per heavy atom. The number of aryl methyl sites for hydroxylation is 1. The maximum absolute atomic E-state index is 12.8. The van der Waals surface area contributed by atoms with Gasteiger partial charge in [-0.1, -0.05) is 30.0 Å². The van der Waals surface area contributed by atoms with Gasteiger partial charge in [-0.25, -0.2) is 0 Å². The number of nitrogens with zero attached hydrogens (tertiary/aromatic N) is 3. The first-order valence-corrected chi connectivity index (χ1v) is 11.9. The van der Waals surface area contributed by atoms with Crippen LogP contribution in [0.4, 0.5) is 0 Å². The molecule has 0 atom stereocenters. The second kappa shape index (κ2) is 9.97. The molecule has 9 heteroatoms.